The average Bonchev–Trinajstić information content (AvgIpc) is 2.64. The van der Waals surface area contributed by atoms with Crippen molar-refractivity contribution in [1.29, 1.82) is 0 Å². The molecule has 25 heavy (non-hydrogen) atoms. The molecule has 2 N–H and O–H groups in total. The monoisotopic (exact) mass is 345 g/mol. The number of hydrogen-bond acceptors (Lipinski definition) is 2. The molecule has 0 aromatic heterocycles. The van der Waals surface area contributed by atoms with Gasteiger partial charge < -0.3 is 15.4 Å². The number of rotatable bonds is 7. The highest BCUT2D eigenvalue weighted by atomic mass is 16.5. The molecule has 1 saturated heterocycles. The molecule has 0 aliphatic carbocycles. The number of guanidine groups is 1. The first-order chi connectivity index (χ1) is 12.1. The van der Waals surface area contributed by atoms with Gasteiger partial charge in [0.2, 0.25) is 0 Å². The smallest absolute Gasteiger partial charge is 0.191 e. The summed E-state index contributed by atoms with van der Waals surface area (Å²) in [5.74, 6) is 2.11. The molecule has 1 aromatic rings. The topological polar surface area (TPSA) is 45.7 Å². The van der Waals surface area contributed by atoms with Gasteiger partial charge in [0.05, 0.1) is 6.10 Å². The van der Waals surface area contributed by atoms with Crippen LogP contribution in [0.3, 0.4) is 0 Å². The highest BCUT2D eigenvalue weighted by Gasteiger charge is 2.27. The zero-order valence-corrected chi connectivity index (χ0v) is 16.3. The van der Waals surface area contributed by atoms with E-state index in [2.05, 4.69) is 66.7 Å². The van der Waals surface area contributed by atoms with Gasteiger partial charge in [-0.15, -0.1) is 0 Å². The third kappa shape index (κ3) is 6.69. The Balaban J connectivity index is 1.86. The first-order valence-corrected chi connectivity index (χ1v) is 9.74. The lowest BCUT2D eigenvalue weighted by Gasteiger charge is -2.33. The second kappa shape index (κ2) is 10.4. The van der Waals surface area contributed by atoms with Gasteiger partial charge in [0.25, 0.3) is 0 Å². The summed E-state index contributed by atoms with van der Waals surface area (Å²) in [6.45, 7) is 8.51. The molecule has 3 atom stereocenters. The Morgan fingerprint density at radius 3 is 2.64 bits per heavy atom. The van der Waals surface area contributed by atoms with E-state index in [0.717, 1.165) is 37.9 Å². The third-order valence-electron chi connectivity index (χ3n) is 4.89. The first kappa shape index (κ1) is 19.8. The van der Waals surface area contributed by atoms with E-state index in [4.69, 9.17) is 4.74 Å². The molecule has 4 heteroatoms. The maximum Gasteiger partial charge on any atom is 0.191 e. The Morgan fingerprint density at radius 1 is 1.20 bits per heavy atom. The number of benzene rings is 1. The van der Waals surface area contributed by atoms with Crippen molar-refractivity contribution in [3.8, 4) is 0 Å². The van der Waals surface area contributed by atoms with Crippen molar-refractivity contribution in [3.63, 3.8) is 0 Å². The third-order valence-corrected chi connectivity index (χ3v) is 4.89. The van der Waals surface area contributed by atoms with Crippen LogP contribution in [-0.2, 0) is 4.74 Å². The predicted octanol–water partition coefficient (Wildman–Crippen LogP) is 4.14. The number of hydrogen-bond donors (Lipinski definition) is 2. The fraction of sp³-hybridized carbons (Fsp3) is 0.667. The van der Waals surface area contributed by atoms with Gasteiger partial charge in [-0.2, -0.15) is 0 Å². The summed E-state index contributed by atoms with van der Waals surface area (Å²) < 4.78 is 6.09. The molecule has 4 nitrogen and oxygen atoms in total. The molecule has 140 valence electrons. The number of nitrogens with zero attached hydrogens (tertiary/aromatic N) is 1. The minimum absolute atomic E-state index is 0.180. The highest BCUT2D eigenvalue weighted by Crippen LogP contribution is 2.33. The van der Waals surface area contributed by atoms with E-state index in [1.807, 2.05) is 7.05 Å². The van der Waals surface area contributed by atoms with Crippen molar-refractivity contribution in [3.05, 3.63) is 35.9 Å². The zero-order chi connectivity index (χ0) is 18.1. The molecule has 0 spiro atoms. The fourth-order valence-corrected chi connectivity index (χ4v) is 3.37. The van der Waals surface area contributed by atoms with E-state index < -0.39 is 0 Å². The van der Waals surface area contributed by atoms with Gasteiger partial charge in [0, 0.05) is 32.2 Å². The molecular weight excluding hydrogens is 310 g/mol. The van der Waals surface area contributed by atoms with E-state index in [0.29, 0.717) is 12.0 Å². The highest BCUT2D eigenvalue weighted by molar-refractivity contribution is 5.79. The van der Waals surface area contributed by atoms with Crippen LogP contribution in [0, 0.1) is 11.8 Å². The minimum atomic E-state index is 0.180. The lowest BCUT2D eigenvalue weighted by Crippen LogP contribution is -2.45. The molecule has 1 heterocycles. The molecule has 2 rings (SSSR count). The summed E-state index contributed by atoms with van der Waals surface area (Å²) in [6.07, 6.45) is 4.90. The molecule has 1 aromatic carbocycles. The quantitative estimate of drug-likeness (QED) is 0.576. The van der Waals surface area contributed by atoms with Crippen molar-refractivity contribution in [2.24, 2.45) is 16.8 Å². The summed E-state index contributed by atoms with van der Waals surface area (Å²) in [5, 5.41) is 7.03. The van der Waals surface area contributed by atoms with E-state index in [9.17, 15) is 0 Å². The predicted molar refractivity (Wildman–Crippen MR) is 106 cm³/mol. The van der Waals surface area contributed by atoms with Gasteiger partial charge in [0.1, 0.15) is 0 Å². The standard InChI is InChI=1S/C21H35N3O/c1-16(2)12-13-17(3)24-21(22-4)23-15-19-11-8-14-25-20(19)18-9-6-5-7-10-18/h5-7,9-10,16-17,19-20H,8,11-15H2,1-4H3,(H2,22,23,24). The maximum atomic E-state index is 6.09. The minimum Gasteiger partial charge on any atom is -0.373 e. The fourth-order valence-electron chi connectivity index (χ4n) is 3.37. The van der Waals surface area contributed by atoms with Crippen LogP contribution in [0.1, 0.15) is 58.1 Å². The molecule has 1 aliphatic heterocycles. The molecular formula is C21H35N3O. The number of ether oxygens (including phenoxy) is 1. The van der Waals surface area contributed by atoms with Gasteiger partial charge in [-0.05, 0) is 44.1 Å². The summed E-state index contributed by atoms with van der Waals surface area (Å²) >= 11 is 0. The second-order valence-corrected chi connectivity index (χ2v) is 7.57. The Bertz CT molecular complexity index is 515. The van der Waals surface area contributed by atoms with Crippen LogP contribution in [0.25, 0.3) is 0 Å². The van der Waals surface area contributed by atoms with Crippen LogP contribution >= 0.6 is 0 Å². The van der Waals surface area contributed by atoms with Crippen molar-refractivity contribution in [2.75, 3.05) is 20.2 Å². The van der Waals surface area contributed by atoms with E-state index in [1.165, 1.54) is 18.4 Å². The molecule has 1 fully saturated rings. The summed E-state index contributed by atoms with van der Waals surface area (Å²) in [4.78, 5) is 4.39. The second-order valence-electron chi connectivity index (χ2n) is 7.57. The molecule has 1 aliphatic rings. The van der Waals surface area contributed by atoms with Crippen LogP contribution in [0.4, 0.5) is 0 Å². The lowest BCUT2D eigenvalue weighted by molar-refractivity contribution is -0.0265. The van der Waals surface area contributed by atoms with E-state index in [-0.39, 0.29) is 6.10 Å². The number of aliphatic imine (C=N–C) groups is 1. The average molecular weight is 346 g/mol. The van der Waals surface area contributed by atoms with Crippen molar-refractivity contribution >= 4 is 5.96 Å². The Hall–Kier alpha value is -1.55. The largest absolute Gasteiger partial charge is 0.373 e. The normalized spacial score (nSPS) is 22.7. The molecule has 0 radical (unpaired) electrons. The first-order valence-electron chi connectivity index (χ1n) is 9.74. The molecule has 0 saturated carbocycles. The Labute approximate surface area is 153 Å². The summed E-state index contributed by atoms with van der Waals surface area (Å²) in [6, 6.07) is 11.0. The molecule has 0 amide bonds. The van der Waals surface area contributed by atoms with Crippen LogP contribution < -0.4 is 10.6 Å². The van der Waals surface area contributed by atoms with Gasteiger partial charge in [0.15, 0.2) is 5.96 Å². The molecule has 3 unspecified atom stereocenters. The summed E-state index contributed by atoms with van der Waals surface area (Å²) in [7, 11) is 1.84. The van der Waals surface area contributed by atoms with Crippen LogP contribution in [0.15, 0.2) is 35.3 Å². The van der Waals surface area contributed by atoms with E-state index >= 15 is 0 Å². The Kier molecular flexibility index (Phi) is 8.26. The van der Waals surface area contributed by atoms with Crippen molar-refractivity contribution < 1.29 is 4.74 Å². The van der Waals surface area contributed by atoms with Gasteiger partial charge in [-0.25, -0.2) is 0 Å². The maximum absolute atomic E-state index is 6.09. The molecule has 0 bridgehead atoms. The Morgan fingerprint density at radius 2 is 1.96 bits per heavy atom. The summed E-state index contributed by atoms with van der Waals surface area (Å²) in [5.41, 5.74) is 1.28. The van der Waals surface area contributed by atoms with E-state index in [1.54, 1.807) is 0 Å². The van der Waals surface area contributed by atoms with Gasteiger partial charge in [-0.1, -0.05) is 44.2 Å². The van der Waals surface area contributed by atoms with Gasteiger partial charge >= 0.3 is 0 Å². The SMILES string of the molecule is CN=C(NCC1CCCOC1c1ccccc1)NC(C)CCC(C)C. The lowest BCUT2D eigenvalue weighted by atomic mass is 9.89. The van der Waals surface area contributed by atoms with Crippen LogP contribution in [0.5, 0.6) is 0 Å². The van der Waals surface area contributed by atoms with Gasteiger partial charge in [-0.3, -0.25) is 4.99 Å². The van der Waals surface area contributed by atoms with Crippen LogP contribution in [0.2, 0.25) is 0 Å². The van der Waals surface area contributed by atoms with Crippen LogP contribution in [-0.4, -0.2) is 32.2 Å². The zero-order valence-electron chi connectivity index (χ0n) is 16.3. The number of nitrogens with one attached hydrogen (secondary N) is 2. The van der Waals surface area contributed by atoms with Crippen molar-refractivity contribution in [2.45, 2.75) is 58.6 Å². The van der Waals surface area contributed by atoms with Crippen molar-refractivity contribution in [1.82, 2.24) is 10.6 Å².